The number of hydrogen-bond donors (Lipinski definition) is 0. The largest absolute Gasteiger partial charge is 0.467 e. The molecular formula is C15H22ClNO2. The highest BCUT2D eigenvalue weighted by atomic mass is 35.5. The van der Waals surface area contributed by atoms with E-state index >= 15 is 0 Å². The summed E-state index contributed by atoms with van der Waals surface area (Å²) < 4.78 is 11.0. The lowest BCUT2D eigenvalue weighted by Gasteiger charge is -2.25. The number of benzene rings is 1. The van der Waals surface area contributed by atoms with Crippen LogP contribution in [0, 0.1) is 0 Å². The Balaban J connectivity index is 2.20. The van der Waals surface area contributed by atoms with Crippen molar-refractivity contribution in [1.29, 1.82) is 0 Å². The van der Waals surface area contributed by atoms with Crippen LogP contribution in [0.2, 0.25) is 5.02 Å². The highest BCUT2D eigenvalue weighted by Gasteiger charge is 2.17. The standard InChI is InChI=1S/C15H22ClNO2/c1-3-5-17(6-4-2)9-12-7-14(16)8-13-10-18-11-19-15(12)13/h7-8H,3-6,9-11H2,1-2H3. The summed E-state index contributed by atoms with van der Waals surface area (Å²) in [5, 5.41) is 0.760. The molecule has 106 valence electrons. The first-order valence-electron chi connectivity index (χ1n) is 6.98. The molecule has 0 spiro atoms. The van der Waals surface area contributed by atoms with E-state index in [9.17, 15) is 0 Å². The number of hydrogen-bond acceptors (Lipinski definition) is 3. The van der Waals surface area contributed by atoms with Gasteiger partial charge in [0.15, 0.2) is 6.79 Å². The van der Waals surface area contributed by atoms with Crippen molar-refractivity contribution >= 4 is 11.6 Å². The van der Waals surface area contributed by atoms with Crippen molar-refractivity contribution in [1.82, 2.24) is 4.90 Å². The van der Waals surface area contributed by atoms with Gasteiger partial charge in [-0.1, -0.05) is 25.4 Å². The van der Waals surface area contributed by atoms with Crippen LogP contribution in [-0.2, 0) is 17.9 Å². The van der Waals surface area contributed by atoms with Crippen LogP contribution in [0.5, 0.6) is 5.75 Å². The van der Waals surface area contributed by atoms with E-state index in [4.69, 9.17) is 21.1 Å². The fourth-order valence-electron chi connectivity index (χ4n) is 2.52. The first-order chi connectivity index (χ1) is 9.24. The maximum atomic E-state index is 6.19. The van der Waals surface area contributed by atoms with Gasteiger partial charge in [-0.2, -0.15) is 0 Å². The minimum atomic E-state index is 0.336. The molecule has 0 saturated carbocycles. The average Bonchev–Trinajstić information content (AvgIpc) is 2.39. The summed E-state index contributed by atoms with van der Waals surface area (Å²) in [5.41, 5.74) is 2.23. The van der Waals surface area contributed by atoms with Crippen LogP contribution in [0.15, 0.2) is 12.1 Å². The molecule has 0 radical (unpaired) electrons. The summed E-state index contributed by atoms with van der Waals surface area (Å²) in [6, 6.07) is 3.95. The van der Waals surface area contributed by atoms with Crippen LogP contribution in [0.3, 0.4) is 0 Å². The molecule has 0 N–H and O–H groups in total. The van der Waals surface area contributed by atoms with Crippen molar-refractivity contribution in [2.75, 3.05) is 19.9 Å². The summed E-state index contributed by atoms with van der Waals surface area (Å²) in [6.07, 6.45) is 2.32. The Hall–Kier alpha value is -0.770. The molecule has 19 heavy (non-hydrogen) atoms. The fourth-order valence-corrected chi connectivity index (χ4v) is 2.78. The molecular weight excluding hydrogens is 262 g/mol. The molecule has 1 aromatic carbocycles. The fraction of sp³-hybridized carbons (Fsp3) is 0.600. The van der Waals surface area contributed by atoms with Crippen molar-refractivity contribution < 1.29 is 9.47 Å². The second-order valence-corrected chi connectivity index (χ2v) is 5.38. The van der Waals surface area contributed by atoms with Gasteiger partial charge in [0, 0.05) is 22.7 Å². The van der Waals surface area contributed by atoms with E-state index in [0.29, 0.717) is 13.4 Å². The van der Waals surface area contributed by atoms with Gasteiger partial charge in [-0.15, -0.1) is 0 Å². The smallest absolute Gasteiger partial charge is 0.189 e. The van der Waals surface area contributed by atoms with E-state index in [-0.39, 0.29) is 0 Å². The van der Waals surface area contributed by atoms with E-state index < -0.39 is 0 Å². The summed E-state index contributed by atoms with van der Waals surface area (Å²) >= 11 is 6.19. The molecule has 1 heterocycles. The highest BCUT2D eigenvalue weighted by Crippen LogP contribution is 2.32. The quantitative estimate of drug-likeness (QED) is 0.792. The van der Waals surface area contributed by atoms with Gasteiger partial charge in [-0.3, -0.25) is 4.90 Å². The lowest BCUT2D eigenvalue weighted by molar-refractivity contribution is -0.0174. The van der Waals surface area contributed by atoms with Gasteiger partial charge in [0.2, 0.25) is 0 Å². The predicted octanol–water partition coefficient (Wildman–Crippen LogP) is 3.83. The van der Waals surface area contributed by atoms with E-state index in [1.54, 1.807) is 0 Å². The van der Waals surface area contributed by atoms with Crippen molar-refractivity contribution in [3.8, 4) is 5.75 Å². The van der Waals surface area contributed by atoms with Crippen molar-refractivity contribution in [3.05, 3.63) is 28.3 Å². The van der Waals surface area contributed by atoms with Crippen LogP contribution >= 0.6 is 11.6 Å². The normalized spacial score (nSPS) is 14.3. The average molecular weight is 284 g/mol. The number of halogens is 1. The minimum absolute atomic E-state index is 0.336. The number of rotatable bonds is 6. The molecule has 1 aliphatic heterocycles. The lowest BCUT2D eigenvalue weighted by atomic mass is 10.1. The molecule has 0 aromatic heterocycles. The predicted molar refractivity (Wildman–Crippen MR) is 77.6 cm³/mol. The molecule has 3 nitrogen and oxygen atoms in total. The van der Waals surface area contributed by atoms with Gasteiger partial charge in [-0.05, 0) is 38.1 Å². The Morgan fingerprint density at radius 2 is 1.95 bits per heavy atom. The summed E-state index contributed by atoms with van der Waals surface area (Å²) in [5.74, 6) is 0.966. The zero-order valence-corrected chi connectivity index (χ0v) is 12.5. The number of fused-ring (bicyclic) bond motifs is 1. The third-order valence-electron chi connectivity index (χ3n) is 3.23. The molecule has 2 rings (SSSR count). The van der Waals surface area contributed by atoms with E-state index in [1.165, 1.54) is 5.56 Å². The molecule has 0 aliphatic carbocycles. The Morgan fingerprint density at radius 1 is 1.21 bits per heavy atom. The zero-order chi connectivity index (χ0) is 13.7. The van der Waals surface area contributed by atoms with E-state index in [2.05, 4.69) is 18.7 Å². The van der Waals surface area contributed by atoms with Gasteiger partial charge in [0.25, 0.3) is 0 Å². The SMILES string of the molecule is CCCN(CCC)Cc1cc(Cl)cc2c1OCOC2. The molecule has 0 saturated heterocycles. The van der Waals surface area contributed by atoms with Crippen molar-refractivity contribution in [2.45, 2.75) is 39.8 Å². The Kier molecular flexibility index (Phi) is 5.49. The minimum Gasteiger partial charge on any atom is -0.467 e. The molecule has 0 atom stereocenters. The monoisotopic (exact) mass is 283 g/mol. The molecule has 0 unspecified atom stereocenters. The third-order valence-corrected chi connectivity index (χ3v) is 3.44. The first kappa shape index (κ1) is 14.6. The van der Waals surface area contributed by atoms with Gasteiger partial charge in [0.05, 0.1) is 6.61 Å². The Morgan fingerprint density at radius 3 is 2.63 bits per heavy atom. The van der Waals surface area contributed by atoms with Crippen LogP contribution in [0.1, 0.15) is 37.8 Å². The van der Waals surface area contributed by atoms with Crippen LogP contribution in [0.25, 0.3) is 0 Å². The Bertz CT molecular complexity index is 417. The molecule has 1 aliphatic rings. The van der Waals surface area contributed by atoms with Crippen LogP contribution in [-0.4, -0.2) is 24.8 Å². The molecule has 4 heteroatoms. The van der Waals surface area contributed by atoms with Crippen LogP contribution in [0.4, 0.5) is 0 Å². The van der Waals surface area contributed by atoms with E-state index in [0.717, 1.165) is 48.8 Å². The molecule has 1 aromatic rings. The number of nitrogens with zero attached hydrogens (tertiary/aromatic N) is 1. The van der Waals surface area contributed by atoms with Gasteiger partial charge in [0.1, 0.15) is 5.75 Å². The van der Waals surface area contributed by atoms with Crippen molar-refractivity contribution in [3.63, 3.8) is 0 Å². The lowest BCUT2D eigenvalue weighted by Crippen LogP contribution is -2.26. The molecule has 0 fully saturated rings. The van der Waals surface area contributed by atoms with Crippen molar-refractivity contribution in [2.24, 2.45) is 0 Å². The van der Waals surface area contributed by atoms with Gasteiger partial charge < -0.3 is 9.47 Å². The molecule has 0 bridgehead atoms. The summed E-state index contributed by atoms with van der Waals surface area (Å²) in [6.45, 7) is 8.44. The maximum Gasteiger partial charge on any atom is 0.189 e. The second kappa shape index (κ2) is 7.13. The highest BCUT2D eigenvalue weighted by molar-refractivity contribution is 6.30. The van der Waals surface area contributed by atoms with E-state index in [1.807, 2.05) is 12.1 Å². The summed E-state index contributed by atoms with van der Waals surface area (Å²) in [7, 11) is 0. The second-order valence-electron chi connectivity index (χ2n) is 4.94. The zero-order valence-electron chi connectivity index (χ0n) is 11.7. The first-order valence-corrected chi connectivity index (χ1v) is 7.36. The van der Waals surface area contributed by atoms with Gasteiger partial charge in [-0.25, -0.2) is 0 Å². The van der Waals surface area contributed by atoms with Crippen LogP contribution < -0.4 is 4.74 Å². The van der Waals surface area contributed by atoms with Gasteiger partial charge >= 0.3 is 0 Å². The maximum absolute atomic E-state index is 6.19. The topological polar surface area (TPSA) is 21.7 Å². The number of ether oxygens (including phenoxy) is 2. The molecule has 0 amide bonds. The Labute approximate surface area is 120 Å². The third kappa shape index (κ3) is 3.85. The summed E-state index contributed by atoms with van der Waals surface area (Å²) in [4.78, 5) is 2.45.